The van der Waals surface area contributed by atoms with E-state index >= 15 is 0 Å². The Hall–Kier alpha value is -1.88. The summed E-state index contributed by atoms with van der Waals surface area (Å²) in [5.41, 5.74) is 1.15. The van der Waals surface area contributed by atoms with Crippen LogP contribution in [0.4, 0.5) is 4.39 Å². The van der Waals surface area contributed by atoms with Crippen molar-refractivity contribution in [1.29, 1.82) is 0 Å². The van der Waals surface area contributed by atoms with Crippen LogP contribution < -0.4 is 10.6 Å². The SMILES string of the molecule is C=CCN1CCC(NC(=NC)NCC2(c3cccc(F)c3)CC2)CC1. The second kappa shape index (κ2) is 8.00. The number of nitrogens with one attached hydrogen (secondary N) is 2. The summed E-state index contributed by atoms with van der Waals surface area (Å²) >= 11 is 0. The van der Waals surface area contributed by atoms with E-state index in [1.165, 1.54) is 6.07 Å². The summed E-state index contributed by atoms with van der Waals surface area (Å²) in [6.07, 6.45) is 6.39. The fourth-order valence-corrected chi connectivity index (χ4v) is 3.62. The summed E-state index contributed by atoms with van der Waals surface area (Å²) in [5, 5.41) is 7.00. The average Bonchev–Trinajstić information content (AvgIpc) is 3.41. The third-order valence-corrected chi connectivity index (χ3v) is 5.42. The van der Waals surface area contributed by atoms with Crippen LogP contribution in [0.15, 0.2) is 41.9 Å². The molecule has 25 heavy (non-hydrogen) atoms. The van der Waals surface area contributed by atoms with Gasteiger partial charge in [0.1, 0.15) is 5.82 Å². The summed E-state index contributed by atoms with van der Waals surface area (Å²) in [7, 11) is 1.81. The number of piperidine rings is 1. The maximum atomic E-state index is 13.5. The molecule has 1 saturated carbocycles. The summed E-state index contributed by atoms with van der Waals surface area (Å²) in [4.78, 5) is 6.79. The molecule has 3 rings (SSSR count). The van der Waals surface area contributed by atoms with Gasteiger partial charge in [-0.1, -0.05) is 18.2 Å². The van der Waals surface area contributed by atoms with Gasteiger partial charge in [0.05, 0.1) is 0 Å². The minimum atomic E-state index is -0.155. The third kappa shape index (κ3) is 4.60. The van der Waals surface area contributed by atoms with Crippen LogP contribution in [-0.2, 0) is 5.41 Å². The Bertz CT molecular complexity index is 616. The Morgan fingerprint density at radius 1 is 1.40 bits per heavy atom. The Balaban J connectivity index is 1.49. The van der Waals surface area contributed by atoms with E-state index < -0.39 is 0 Å². The van der Waals surface area contributed by atoms with Gasteiger partial charge < -0.3 is 10.6 Å². The fourth-order valence-electron chi connectivity index (χ4n) is 3.62. The zero-order valence-corrected chi connectivity index (χ0v) is 15.1. The highest BCUT2D eigenvalue weighted by molar-refractivity contribution is 5.80. The molecule has 1 aliphatic carbocycles. The van der Waals surface area contributed by atoms with Crippen molar-refractivity contribution in [2.45, 2.75) is 37.1 Å². The lowest BCUT2D eigenvalue weighted by molar-refractivity contribution is 0.225. The summed E-state index contributed by atoms with van der Waals surface area (Å²) in [6.45, 7) is 7.76. The van der Waals surface area contributed by atoms with E-state index in [1.54, 1.807) is 12.1 Å². The summed E-state index contributed by atoms with van der Waals surface area (Å²) in [6, 6.07) is 7.46. The van der Waals surface area contributed by atoms with Crippen molar-refractivity contribution in [2.75, 3.05) is 33.2 Å². The normalized spacial score (nSPS) is 21.0. The van der Waals surface area contributed by atoms with Crippen molar-refractivity contribution in [3.63, 3.8) is 0 Å². The molecule has 0 spiro atoms. The standard InChI is InChI=1S/C20H29FN4/c1-3-11-25-12-7-18(8-13-25)24-19(22-2)23-15-20(9-10-20)16-5-4-6-17(21)14-16/h3-6,14,18H,1,7-13,15H2,2H3,(H2,22,23,24). The van der Waals surface area contributed by atoms with E-state index in [-0.39, 0.29) is 11.2 Å². The topological polar surface area (TPSA) is 39.7 Å². The van der Waals surface area contributed by atoms with Crippen LogP contribution in [0.5, 0.6) is 0 Å². The smallest absolute Gasteiger partial charge is 0.191 e. The molecular weight excluding hydrogens is 315 g/mol. The third-order valence-electron chi connectivity index (χ3n) is 5.42. The Kier molecular flexibility index (Phi) is 5.74. The predicted octanol–water partition coefficient (Wildman–Crippen LogP) is 2.67. The first-order chi connectivity index (χ1) is 12.1. The van der Waals surface area contributed by atoms with Crippen molar-refractivity contribution < 1.29 is 4.39 Å². The second-order valence-electron chi connectivity index (χ2n) is 7.22. The van der Waals surface area contributed by atoms with Gasteiger partial charge in [-0.15, -0.1) is 6.58 Å². The lowest BCUT2D eigenvalue weighted by Crippen LogP contribution is -2.49. The first kappa shape index (κ1) is 17.9. The van der Waals surface area contributed by atoms with Crippen LogP contribution in [0.1, 0.15) is 31.2 Å². The van der Waals surface area contributed by atoms with Crippen molar-refractivity contribution in [3.05, 3.63) is 48.3 Å². The van der Waals surface area contributed by atoms with Gasteiger partial charge in [0.25, 0.3) is 0 Å². The predicted molar refractivity (Wildman–Crippen MR) is 101 cm³/mol. The number of aliphatic imine (C=N–C) groups is 1. The summed E-state index contributed by atoms with van der Waals surface area (Å²) < 4.78 is 13.5. The molecule has 1 aromatic rings. The van der Waals surface area contributed by atoms with Crippen LogP contribution in [0.3, 0.4) is 0 Å². The molecule has 5 heteroatoms. The molecule has 0 atom stereocenters. The molecule has 1 saturated heterocycles. The lowest BCUT2D eigenvalue weighted by atomic mass is 9.96. The largest absolute Gasteiger partial charge is 0.356 e. The van der Waals surface area contributed by atoms with Gasteiger partial charge in [0.15, 0.2) is 5.96 Å². The maximum Gasteiger partial charge on any atom is 0.191 e. The Labute approximate surface area is 150 Å². The van der Waals surface area contributed by atoms with Gasteiger partial charge in [-0.2, -0.15) is 0 Å². The lowest BCUT2D eigenvalue weighted by Gasteiger charge is -2.32. The molecule has 2 fully saturated rings. The molecule has 0 unspecified atom stereocenters. The van der Waals surface area contributed by atoms with E-state index in [0.29, 0.717) is 6.04 Å². The van der Waals surface area contributed by atoms with Gasteiger partial charge in [0.2, 0.25) is 0 Å². The molecule has 136 valence electrons. The van der Waals surface area contributed by atoms with Crippen LogP contribution in [-0.4, -0.2) is 50.1 Å². The number of halogens is 1. The van der Waals surface area contributed by atoms with Crippen LogP contribution in [0, 0.1) is 5.82 Å². The first-order valence-corrected chi connectivity index (χ1v) is 9.22. The highest BCUT2D eigenvalue weighted by Crippen LogP contribution is 2.47. The van der Waals surface area contributed by atoms with Crippen LogP contribution in [0.2, 0.25) is 0 Å². The van der Waals surface area contributed by atoms with Crippen molar-refractivity contribution in [3.8, 4) is 0 Å². The average molecular weight is 344 g/mol. The molecular formula is C20H29FN4. The molecule has 1 heterocycles. The van der Waals surface area contributed by atoms with Gasteiger partial charge >= 0.3 is 0 Å². The van der Waals surface area contributed by atoms with Gasteiger partial charge in [0, 0.05) is 44.7 Å². The molecule has 2 N–H and O–H groups in total. The maximum absolute atomic E-state index is 13.5. The van der Waals surface area contributed by atoms with Crippen molar-refractivity contribution >= 4 is 5.96 Å². The fraction of sp³-hybridized carbons (Fsp3) is 0.550. The minimum Gasteiger partial charge on any atom is -0.356 e. The molecule has 1 aliphatic heterocycles. The number of benzene rings is 1. The highest BCUT2D eigenvalue weighted by atomic mass is 19.1. The number of hydrogen-bond acceptors (Lipinski definition) is 2. The molecule has 0 bridgehead atoms. The highest BCUT2D eigenvalue weighted by Gasteiger charge is 2.44. The van der Waals surface area contributed by atoms with E-state index in [9.17, 15) is 4.39 Å². The number of likely N-dealkylation sites (tertiary alicyclic amines) is 1. The Morgan fingerprint density at radius 3 is 2.76 bits per heavy atom. The number of rotatable bonds is 6. The van der Waals surface area contributed by atoms with Gasteiger partial charge in [-0.05, 0) is 43.4 Å². The number of guanidine groups is 1. The monoisotopic (exact) mass is 344 g/mol. The van der Waals surface area contributed by atoms with E-state index in [0.717, 1.165) is 63.4 Å². The second-order valence-corrected chi connectivity index (χ2v) is 7.22. The molecule has 2 aliphatic rings. The minimum absolute atomic E-state index is 0.0625. The first-order valence-electron chi connectivity index (χ1n) is 9.22. The van der Waals surface area contributed by atoms with E-state index in [4.69, 9.17) is 0 Å². The van der Waals surface area contributed by atoms with E-state index in [2.05, 4.69) is 27.1 Å². The molecule has 0 aromatic heterocycles. The number of hydrogen-bond donors (Lipinski definition) is 2. The van der Waals surface area contributed by atoms with Crippen LogP contribution in [0.25, 0.3) is 0 Å². The molecule has 4 nitrogen and oxygen atoms in total. The van der Waals surface area contributed by atoms with Crippen molar-refractivity contribution in [2.24, 2.45) is 4.99 Å². The van der Waals surface area contributed by atoms with Gasteiger partial charge in [-0.3, -0.25) is 9.89 Å². The summed E-state index contributed by atoms with van der Waals surface area (Å²) in [5.74, 6) is 0.697. The molecule has 0 amide bonds. The molecule has 0 radical (unpaired) electrons. The zero-order valence-electron chi connectivity index (χ0n) is 15.1. The van der Waals surface area contributed by atoms with Gasteiger partial charge in [-0.25, -0.2) is 4.39 Å². The molecule has 1 aromatic carbocycles. The zero-order chi connectivity index (χ0) is 17.7. The van der Waals surface area contributed by atoms with E-state index in [1.807, 2.05) is 19.2 Å². The van der Waals surface area contributed by atoms with Crippen LogP contribution >= 0.6 is 0 Å². The van der Waals surface area contributed by atoms with Crippen molar-refractivity contribution in [1.82, 2.24) is 15.5 Å². The quantitative estimate of drug-likeness (QED) is 0.473. The Morgan fingerprint density at radius 2 is 2.16 bits per heavy atom. The number of nitrogens with zero attached hydrogens (tertiary/aromatic N) is 2.